The SMILES string of the molecule is NCC1CCC(C(=O)c2occc2Br)O1. The second-order valence-electron chi connectivity index (χ2n) is 3.52. The van der Waals surface area contributed by atoms with Crippen molar-refractivity contribution in [1.82, 2.24) is 0 Å². The Labute approximate surface area is 95.9 Å². The van der Waals surface area contributed by atoms with E-state index in [-0.39, 0.29) is 11.9 Å². The van der Waals surface area contributed by atoms with Crippen LogP contribution in [-0.2, 0) is 4.74 Å². The van der Waals surface area contributed by atoms with Gasteiger partial charge in [0, 0.05) is 6.54 Å². The van der Waals surface area contributed by atoms with Gasteiger partial charge < -0.3 is 14.9 Å². The van der Waals surface area contributed by atoms with Crippen LogP contribution < -0.4 is 5.73 Å². The van der Waals surface area contributed by atoms with Gasteiger partial charge in [0.1, 0.15) is 6.10 Å². The van der Waals surface area contributed by atoms with E-state index in [0.717, 1.165) is 6.42 Å². The summed E-state index contributed by atoms with van der Waals surface area (Å²) in [5.41, 5.74) is 5.48. The number of rotatable bonds is 3. The Kier molecular flexibility index (Phi) is 3.23. The topological polar surface area (TPSA) is 65.5 Å². The number of ether oxygens (including phenoxy) is 1. The van der Waals surface area contributed by atoms with E-state index in [2.05, 4.69) is 15.9 Å². The average molecular weight is 274 g/mol. The molecule has 2 heterocycles. The third-order valence-corrected chi connectivity index (χ3v) is 3.13. The Morgan fingerprint density at radius 3 is 2.93 bits per heavy atom. The second-order valence-corrected chi connectivity index (χ2v) is 4.38. The Morgan fingerprint density at radius 2 is 2.40 bits per heavy atom. The summed E-state index contributed by atoms with van der Waals surface area (Å²) in [5.74, 6) is 0.223. The molecule has 0 amide bonds. The van der Waals surface area contributed by atoms with E-state index in [1.54, 1.807) is 6.07 Å². The van der Waals surface area contributed by atoms with Crippen LogP contribution in [0, 0.1) is 0 Å². The fourth-order valence-electron chi connectivity index (χ4n) is 1.69. The van der Waals surface area contributed by atoms with Gasteiger partial charge in [0.2, 0.25) is 5.78 Å². The van der Waals surface area contributed by atoms with Crippen LogP contribution in [0.15, 0.2) is 21.2 Å². The number of hydrogen-bond donors (Lipinski definition) is 1. The zero-order valence-electron chi connectivity index (χ0n) is 8.11. The van der Waals surface area contributed by atoms with Gasteiger partial charge in [-0.1, -0.05) is 0 Å². The first-order valence-electron chi connectivity index (χ1n) is 4.85. The van der Waals surface area contributed by atoms with Gasteiger partial charge in [0.05, 0.1) is 16.8 Å². The highest BCUT2D eigenvalue weighted by molar-refractivity contribution is 9.10. The summed E-state index contributed by atoms with van der Waals surface area (Å²) < 4.78 is 11.3. The molecule has 1 aliphatic heterocycles. The maximum absolute atomic E-state index is 11.9. The van der Waals surface area contributed by atoms with Crippen molar-refractivity contribution in [1.29, 1.82) is 0 Å². The van der Waals surface area contributed by atoms with Gasteiger partial charge in [0.15, 0.2) is 5.76 Å². The van der Waals surface area contributed by atoms with Crippen molar-refractivity contribution in [3.05, 3.63) is 22.6 Å². The molecule has 15 heavy (non-hydrogen) atoms. The first-order chi connectivity index (χ1) is 7.22. The molecule has 1 aliphatic rings. The van der Waals surface area contributed by atoms with Gasteiger partial charge in [-0.25, -0.2) is 0 Å². The molecule has 2 N–H and O–H groups in total. The number of carbonyl (C=O) groups excluding carboxylic acids is 1. The summed E-state index contributed by atoms with van der Waals surface area (Å²) in [6.45, 7) is 0.461. The molecule has 1 aromatic heterocycles. The summed E-state index contributed by atoms with van der Waals surface area (Å²) in [6.07, 6.45) is 2.64. The van der Waals surface area contributed by atoms with Gasteiger partial charge >= 0.3 is 0 Å². The van der Waals surface area contributed by atoms with Crippen molar-refractivity contribution in [2.45, 2.75) is 25.0 Å². The molecule has 1 aromatic rings. The van der Waals surface area contributed by atoms with E-state index in [9.17, 15) is 4.79 Å². The minimum absolute atomic E-state index is 0.00712. The zero-order valence-corrected chi connectivity index (χ0v) is 9.70. The molecular formula is C10H12BrNO3. The molecule has 2 rings (SSSR count). The quantitative estimate of drug-likeness (QED) is 0.852. The van der Waals surface area contributed by atoms with Crippen LogP contribution in [0.25, 0.3) is 0 Å². The van der Waals surface area contributed by atoms with Gasteiger partial charge in [-0.15, -0.1) is 0 Å². The van der Waals surface area contributed by atoms with Crippen LogP contribution >= 0.6 is 15.9 Å². The van der Waals surface area contributed by atoms with Gasteiger partial charge in [0.25, 0.3) is 0 Å². The van der Waals surface area contributed by atoms with Crippen LogP contribution in [0.3, 0.4) is 0 Å². The predicted octanol–water partition coefficient (Wildman–Crippen LogP) is 1.73. The highest BCUT2D eigenvalue weighted by atomic mass is 79.9. The minimum atomic E-state index is -0.402. The molecule has 2 unspecified atom stereocenters. The van der Waals surface area contributed by atoms with E-state index in [1.165, 1.54) is 6.26 Å². The molecule has 4 nitrogen and oxygen atoms in total. The normalized spacial score (nSPS) is 25.7. The summed E-state index contributed by atoms with van der Waals surface area (Å²) >= 11 is 3.25. The number of hydrogen-bond acceptors (Lipinski definition) is 4. The van der Waals surface area contributed by atoms with Crippen molar-refractivity contribution < 1.29 is 13.9 Å². The van der Waals surface area contributed by atoms with Crippen molar-refractivity contribution in [3.63, 3.8) is 0 Å². The summed E-state index contributed by atoms with van der Waals surface area (Å²) in [6, 6.07) is 1.70. The first-order valence-corrected chi connectivity index (χ1v) is 5.64. The number of halogens is 1. The third-order valence-electron chi connectivity index (χ3n) is 2.50. The number of nitrogens with two attached hydrogens (primary N) is 1. The Bertz CT molecular complexity index is 363. The van der Waals surface area contributed by atoms with Crippen molar-refractivity contribution >= 4 is 21.7 Å². The molecular weight excluding hydrogens is 262 g/mol. The molecule has 2 atom stereocenters. The molecule has 5 heteroatoms. The maximum Gasteiger partial charge on any atom is 0.227 e. The van der Waals surface area contributed by atoms with E-state index < -0.39 is 6.10 Å². The third kappa shape index (κ3) is 2.14. The lowest BCUT2D eigenvalue weighted by molar-refractivity contribution is 0.0382. The van der Waals surface area contributed by atoms with Gasteiger partial charge in [-0.05, 0) is 34.8 Å². The average Bonchev–Trinajstić information content (AvgIpc) is 2.84. The van der Waals surface area contributed by atoms with E-state index in [0.29, 0.717) is 23.2 Å². The fraction of sp³-hybridized carbons (Fsp3) is 0.500. The van der Waals surface area contributed by atoms with Gasteiger partial charge in [-0.2, -0.15) is 0 Å². The van der Waals surface area contributed by atoms with Crippen molar-refractivity contribution in [3.8, 4) is 0 Å². The molecule has 1 fully saturated rings. The fourth-order valence-corrected chi connectivity index (χ4v) is 2.08. The molecule has 1 saturated heterocycles. The summed E-state index contributed by atoms with van der Waals surface area (Å²) in [4.78, 5) is 11.9. The lowest BCUT2D eigenvalue weighted by atomic mass is 10.1. The Morgan fingerprint density at radius 1 is 1.60 bits per heavy atom. The van der Waals surface area contributed by atoms with Crippen LogP contribution in [0.4, 0.5) is 0 Å². The molecule has 0 spiro atoms. The zero-order chi connectivity index (χ0) is 10.8. The van der Waals surface area contributed by atoms with Crippen molar-refractivity contribution in [2.75, 3.05) is 6.54 Å². The lowest BCUT2D eigenvalue weighted by Crippen LogP contribution is -2.25. The van der Waals surface area contributed by atoms with Crippen LogP contribution in [0.5, 0.6) is 0 Å². The Balaban J connectivity index is 2.07. The highest BCUT2D eigenvalue weighted by Crippen LogP contribution is 2.26. The van der Waals surface area contributed by atoms with Crippen LogP contribution in [0.2, 0.25) is 0 Å². The van der Waals surface area contributed by atoms with Crippen LogP contribution in [-0.4, -0.2) is 24.5 Å². The molecule has 0 saturated carbocycles. The monoisotopic (exact) mass is 273 g/mol. The first kappa shape index (κ1) is 10.9. The highest BCUT2D eigenvalue weighted by Gasteiger charge is 2.32. The molecule has 0 aromatic carbocycles. The predicted molar refractivity (Wildman–Crippen MR) is 57.7 cm³/mol. The summed E-state index contributed by atoms with van der Waals surface area (Å²) in [7, 11) is 0. The maximum atomic E-state index is 11.9. The van der Waals surface area contributed by atoms with Crippen molar-refractivity contribution in [2.24, 2.45) is 5.73 Å². The molecule has 0 aliphatic carbocycles. The number of ketones is 1. The summed E-state index contributed by atoms with van der Waals surface area (Å²) in [5, 5.41) is 0. The molecule has 0 bridgehead atoms. The van der Waals surface area contributed by atoms with Gasteiger partial charge in [-0.3, -0.25) is 4.79 Å². The van der Waals surface area contributed by atoms with Crippen LogP contribution in [0.1, 0.15) is 23.4 Å². The number of carbonyl (C=O) groups is 1. The molecule has 0 radical (unpaired) electrons. The van der Waals surface area contributed by atoms with E-state index in [4.69, 9.17) is 14.9 Å². The number of Topliss-reactive ketones (excluding diaryl/α,β-unsaturated/α-hetero) is 1. The van der Waals surface area contributed by atoms with E-state index >= 15 is 0 Å². The van der Waals surface area contributed by atoms with E-state index in [1.807, 2.05) is 0 Å². The number of furan rings is 1. The lowest BCUT2D eigenvalue weighted by Gasteiger charge is -2.09. The Hall–Kier alpha value is -0.650. The second kappa shape index (κ2) is 4.47. The largest absolute Gasteiger partial charge is 0.460 e. The smallest absolute Gasteiger partial charge is 0.227 e. The minimum Gasteiger partial charge on any atom is -0.460 e. The molecule has 82 valence electrons. The standard InChI is InChI=1S/C10H12BrNO3/c11-7-3-4-14-10(7)9(13)8-2-1-6(5-12)15-8/h3-4,6,8H,1-2,5,12H2.